The number of nitrogens with one attached hydrogen (secondary N) is 2. The molecule has 4 rings (SSSR count). The minimum Gasteiger partial charge on any atom is -0.493 e. The van der Waals surface area contributed by atoms with Crippen molar-refractivity contribution in [3.05, 3.63) is 66.6 Å². The molecule has 0 aliphatic heterocycles. The molecule has 0 saturated heterocycles. The van der Waals surface area contributed by atoms with Gasteiger partial charge in [0, 0.05) is 35.8 Å². The number of amides is 1. The molecule has 31 heavy (non-hydrogen) atoms. The molecule has 0 saturated carbocycles. The normalized spacial score (nSPS) is 10.7. The average Bonchev–Trinajstić information content (AvgIpc) is 3.17. The summed E-state index contributed by atoms with van der Waals surface area (Å²) in [5.41, 5.74) is 3.74. The molecule has 0 unspecified atom stereocenters. The van der Waals surface area contributed by atoms with Gasteiger partial charge in [-0.3, -0.25) is 14.2 Å². The summed E-state index contributed by atoms with van der Waals surface area (Å²) in [6, 6.07) is 13.0. The molecule has 158 valence electrons. The number of anilines is 2. The lowest BCUT2D eigenvalue weighted by Gasteiger charge is -2.12. The summed E-state index contributed by atoms with van der Waals surface area (Å²) in [5.74, 6) is 1.94. The van der Waals surface area contributed by atoms with Crippen molar-refractivity contribution in [2.75, 3.05) is 26.1 Å². The first-order valence-corrected chi connectivity index (χ1v) is 9.84. The van der Waals surface area contributed by atoms with Gasteiger partial charge in [-0.15, -0.1) is 0 Å². The Balaban J connectivity index is 1.75. The van der Waals surface area contributed by atoms with Crippen LogP contribution in [0.25, 0.3) is 16.9 Å². The molecule has 0 aliphatic rings. The predicted molar refractivity (Wildman–Crippen MR) is 119 cm³/mol. The third-order valence-corrected chi connectivity index (χ3v) is 4.83. The lowest BCUT2D eigenvalue weighted by atomic mass is 10.1. The standard InChI is InChI=1S/C23H23N5O3/c1-4-25-23(29)15-5-8-17(9-6-15)26-22-21(27-20-14-24-11-12-28(20)22)16-7-10-18(30-2)19(13-16)31-3/h5-14,26H,4H2,1-3H3,(H,25,29). The maximum Gasteiger partial charge on any atom is 0.251 e. The molecule has 2 heterocycles. The predicted octanol–water partition coefficient (Wildman–Crippen LogP) is 3.91. The van der Waals surface area contributed by atoms with Crippen molar-refractivity contribution < 1.29 is 14.3 Å². The zero-order chi connectivity index (χ0) is 21.8. The molecular weight excluding hydrogens is 394 g/mol. The van der Waals surface area contributed by atoms with Crippen molar-refractivity contribution >= 4 is 23.1 Å². The van der Waals surface area contributed by atoms with Gasteiger partial charge < -0.3 is 20.1 Å². The Morgan fingerprint density at radius 2 is 1.84 bits per heavy atom. The Hall–Kier alpha value is -4.07. The summed E-state index contributed by atoms with van der Waals surface area (Å²) in [4.78, 5) is 21.0. The maximum absolute atomic E-state index is 12.0. The van der Waals surface area contributed by atoms with E-state index in [0.717, 1.165) is 22.8 Å². The van der Waals surface area contributed by atoms with E-state index in [4.69, 9.17) is 14.5 Å². The number of imidazole rings is 1. The highest BCUT2D eigenvalue weighted by Gasteiger charge is 2.17. The topological polar surface area (TPSA) is 89.8 Å². The van der Waals surface area contributed by atoms with Gasteiger partial charge in [0.2, 0.25) is 0 Å². The first-order chi connectivity index (χ1) is 15.1. The van der Waals surface area contributed by atoms with Gasteiger partial charge in [-0.2, -0.15) is 0 Å². The van der Waals surface area contributed by atoms with E-state index in [-0.39, 0.29) is 5.91 Å². The number of hydrogen-bond acceptors (Lipinski definition) is 6. The first kappa shape index (κ1) is 20.2. The van der Waals surface area contributed by atoms with E-state index < -0.39 is 0 Å². The van der Waals surface area contributed by atoms with Gasteiger partial charge in [0.05, 0.1) is 20.4 Å². The van der Waals surface area contributed by atoms with Crippen LogP contribution in [-0.4, -0.2) is 41.0 Å². The third kappa shape index (κ3) is 4.00. The van der Waals surface area contributed by atoms with Gasteiger partial charge in [-0.1, -0.05) is 0 Å². The quantitative estimate of drug-likeness (QED) is 0.474. The number of carbonyl (C=O) groups excluding carboxylic acids is 1. The number of methoxy groups -OCH3 is 2. The zero-order valence-corrected chi connectivity index (χ0v) is 17.5. The first-order valence-electron chi connectivity index (χ1n) is 9.84. The van der Waals surface area contributed by atoms with E-state index in [1.165, 1.54) is 0 Å². The second-order valence-electron chi connectivity index (χ2n) is 6.75. The Morgan fingerprint density at radius 1 is 1.06 bits per heavy atom. The molecule has 2 N–H and O–H groups in total. The molecule has 4 aromatic rings. The number of nitrogens with zero attached hydrogens (tertiary/aromatic N) is 3. The summed E-state index contributed by atoms with van der Waals surface area (Å²) in [6.45, 7) is 2.48. The fourth-order valence-electron chi connectivity index (χ4n) is 3.32. The fourth-order valence-corrected chi connectivity index (χ4v) is 3.32. The molecule has 2 aromatic heterocycles. The van der Waals surface area contributed by atoms with Crippen LogP contribution < -0.4 is 20.1 Å². The molecule has 8 heteroatoms. The van der Waals surface area contributed by atoms with E-state index in [1.807, 2.05) is 47.9 Å². The lowest BCUT2D eigenvalue weighted by molar-refractivity contribution is 0.0956. The zero-order valence-electron chi connectivity index (χ0n) is 17.5. The third-order valence-electron chi connectivity index (χ3n) is 4.83. The van der Waals surface area contributed by atoms with Gasteiger partial charge >= 0.3 is 0 Å². The summed E-state index contributed by atoms with van der Waals surface area (Å²) in [7, 11) is 3.20. The van der Waals surface area contributed by atoms with E-state index in [9.17, 15) is 4.79 Å². The second kappa shape index (κ2) is 8.74. The minimum absolute atomic E-state index is 0.0963. The monoisotopic (exact) mass is 417 g/mol. The largest absolute Gasteiger partial charge is 0.493 e. The van der Waals surface area contributed by atoms with Crippen LogP contribution in [0.4, 0.5) is 11.5 Å². The highest BCUT2D eigenvalue weighted by Crippen LogP contribution is 2.36. The maximum atomic E-state index is 12.0. The van der Waals surface area contributed by atoms with Gasteiger partial charge in [-0.05, 0) is 49.4 Å². The number of ether oxygens (including phenoxy) is 2. The van der Waals surface area contributed by atoms with E-state index in [2.05, 4.69) is 15.6 Å². The molecule has 0 radical (unpaired) electrons. The molecule has 2 aromatic carbocycles. The summed E-state index contributed by atoms with van der Waals surface area (Å²) in [6.07, 6.45) is 5.25. The van der Waals surface area contributed by atoms with E-state index in [1.54, 1.807) is 38.7 Å². The van der Waals surface area contributed by atoms with E-state index >= 15 is 0 Å². The molecule has 0 aliphatic carbocycles. The fraction of sp³-hybridized carbons (Fsp3) is 0.174. The van der Waals surface area contributed by atoms with Crippen LogP contribution in [0.5, 0.6) is 11.5 Å². The highest BCUT2D eigenvalue weighted by atomic mass is 16.5. The minimum atomic E-state index is -0.0963. The van der Waals surface area contributed by atoms with Crippen LogP contribution in [0.1, 0.15) is 17.3 Å². The summed E-state index contributed by atoms with van der Waals surface area (Å²) in [5, 5.41) is 6.23. The molecule has 0 bridgehead atoms. The van der Waals surface area contributed by atoms with Gasteiger partial charge in [-0.25, -0.2) is 4.98 Å². The molecule has 1 amide bonds. The number of fused-ring (bicyclic) bond motifs is 1. The Kier molecular flexibility index (Phi) is 5.70. The Labute approximate surface area is 179 Å². The van der Waals surface area contributed by atoms with Crippen molar-refractivity contribution in [2.45, 2.75) is 6.92 Å². The highest BCUT2D eigenvalue weighted by molar-refractivity contribution is 5.94. The number of carbonyl (C=O) groups is 1. The summed E-state index contributed by atoms with van der Waals surface area (Å²) < 4.78 is 12.7. The lowest BCUT2D eigenvalue weighted by Crippen LogP contribution is -2.22. The van der Waals surface area contributed by atoms with Gasteiger partial charge in [0.15, 0.2) is 17.1 Å². The summed E-state index contributed by atoms with van der Waals surface area (Å²) >= 11 is 0. The van der Waals surface area contributed by atoms with Crippen LogP contribution >= 0.6 is 0 Å². The van der Waals surface area contributed by atoms with Crippen LogP contribution in [-0.2, 0) is 0 Å². The van der Waals surface area contributed by atoms with Crippen molar-refractivity contribution in [1.82, 2.24) is 19.7 Å². The Morgan fingerprint density at radius 3 is 2.55 bits per heavy atom. The van der Waals surface area contributed by atoms with Gasteiger partial charge in [0.1, 0.15) is 11.5 Å². The number of benzene rings is 2. The number of rotatable bonds is 7. The number of aromatic nitrogens is 3. The Bertz CT molecular complexity index is 1220. The second-order valence-corrected chi connectivity index (χ2v) is 6.75. The molecule has 0 atom stereocenters. The van der Waals surface area contributed by atoms with Crippen LogP contribution in [0, 0.1) is 0 Å². The smallest absolute Gasteiger partial charge is 0.251 e. The molecular formula is C23H23N5O3. The van der Waals surface area contributed by atoms with Crippen LogP contribution in [0.2, 0.25) is 0 Å². The van der Waals surface area contributed by atoms with Crippen molar-refractivity contribution in [1.29, 1.82) is 0 Å². The van der Waals surface area contributed by atoms with Crippen LogP contribution in [0.15, 0.2) is 61.1 Å². The van der Waals surface area contributed by atoms with Crippen molar-refractivity contribution in [3.8, 4) is 22.8 Å². The van der Waals surface area contributed by atoms with Crippen molar-refractivity contribution in [3.63, 3.8) is 0 Å². The van der Waals surface area contributed by atoms with Crippen LogP contribution in [0.3, 0.4) is 0 Å². The molecule has 0 fully saturated rings. The SMILES string of the molecule is CCNC(=O)c1ccc(Nc2c(-c3ccc(OC)c(OC)c3)nc3cnccn23)cc1. The van der Waals surface area contributed by atoms with Crippen molar-refractivity contribution in [2.24, 2.45) is 0 Å². The molecule has 8 nitrogen and oxygen atoms in total. The molecule has 0 spiro atoms. The average molecular weight is 417 g/mol. The van der Waals surface area contributed by atoms with E-state index in [0.29, 0.717) is 29.3 Å². The van der Waals surface area contributed by atoms with Gasteiger partial charge in [0.25, 0.3) is 5.91 Å². The number of hydrogen-bond donors (Lipinski definition) is 2.